The van der Waals surface area contributed by atoms with Crippen molar-refractivity contribution in [1.82, 2.24) is 5.32 Å². The van der Waals surface area contributed by atoms with Crippen LogP contribution in [-0.4, -0.2) is 17.7 Å². The third kappa shape index (κ3) is 6.36. The number of rotatable bonds is 3. The van der Waals surface area contributed by atoms with E-state index < -0.39 is 11.7 Å². The van der Waals surface area contributed by atoms with Crippen molar-refractivity contribution >= 4 is 6.09 Å². The fourth-order valence-corrected chi connectivity index (χ4v) is 0.914. The third-order valence-corrected chi connectivity index (χ3v) is 1.58. The van der Waals surface area contributed by atoms with Gasteiger partial charge < -0.3 is 10.1 Å². The molecule has 0 saturated carbocycles. The zero-order chi connectivity index (χ0) is 11.2. The number of amides is 1. The maximum Gasteiger partial charge on any atom is 0.407 e. The highest BCUT2D eigenvalue weighted by molar-refractivity contribution is 5.68. The molecule has 0 unspecified atom stereocenters. The van der Waals surface area contributed by atoms with Crippen molar-refractivity contribution < 1.29 is 9.53 Å². The van der Waals surface area contributed by atoms with E-state index in [1.807, 2.05) is 27.7 Å². The second-order valence-electron chi connectivity index (χ2n) is 4.16. The summed E-state index contributed by atoms with van der Waals surface area (Å²) in [5, 5.41) is 2.72. The van der Waals surface area contributed by atoms with Crippen LogP contribution in [0.4, 0.5) is 4.79 Å². The number of terminal acetylenes is 1. The van der Waals surface area contributed by atoms with Gasteiger partial charge in [-0.2, -0.15) is 0 Å². The van der Waals surface area contributed by atoms with Gasteiger partial charge in [0.25, 0.3) is 0 Å². The summed E-state index contributed by atoms with van der Waals surface area (Å²) < 4.78 is 5.10. The van der Waals surface area contributed by atoms with Gasteiger partial charge in [0.05, 0.1) is 0 Å². The third-order valence-electron chi connectivity index (χ3n) is 1.58. The molecule has 0 radical (unpaired) electrons. The summed E-state index contributed by atoms with van der Waals surface area (Å²) in [5.74, 6) is 2.52. The fraction of sp³-hybridized carbons (Fsp3) is 0.727. The molecule has 1 amide bonds. The standard InChI is InChI=1S/C11H19NO2/c1-6-8-9(7-2)12-10(13)14-11(3,4)5/h1,9H,7-8H2,2-5H3,(H,12,13)/t9-/m1/s1. The summed E-state index contributed by atoms with van der Waals surface area (Å²) in [5.41, 5.74) is -0.460. The largest absolute Gasteiger partial charge is 0.444 e. The van der Waals surface area contributed by atoms with Gasteiger partial charge in [-0.05, 0) is 27.2 Å². The van der Waals surface area contributed by atoms with E-state index in [9.17, 15) is 4.79 Å². The van der Waals surface area contributed by atoms with Crippen LogP contribution in [0.2, 0.25) is 0 Å². The summed E-state index contributed by atoms with van der Waals surface area (Å²) in [6.07, 6.45) is 6.11. The van der Waals surface area contributed by atoms with Gasteiger partial charge in [0.15, 0.2) is 0 Å². The molecule has 1 N–H and O–H groups in total. The highest BCUT2D eigenvalue weighted by Crippen LogP contribution is 2.07. The van der Waals surface area contributed by atoms with Crippen LogP contribution in [0.3, 0.4) is 0 Å². The van der Waals surface area contributed by atoms with Crippen LogP contribution in [-0.2, 0) is 4.74 Å². The molecular formula is C11H19NO2. The Morgan fingerprint density at radius 2 is 2.14 bits per heavy atom. The van der Waals surface area contributed by atoms with Crippen LogP contribution in [0.1, 0.15) is 40.5 Å². The van der Waals surface area contributed by atoms with E-state index in [4.69, 9.17) is 11.2 Å². The summed E-state index contributed by atoms with van der Waals surface area (Å²) >= 11 is 0. The second kappa shape index (κ2) is 5.54. The van der Waals surface area contributed by atoms with E-state index in [-0.39, 0.29) is 6.04 Å². The molecule has 3 nitrogen and oxygen atoms in total. The molecule has 0 aliphatic heterocycles. The first kappa shape index (κ1) is 12.8. The summed E-state index contributed by atoms with van der Waals surface area (Å²) in [6, 6.07) is 0.00912. The number of hydrogen-bond donors (Lipinski definition) is 1. The molecule has 0 aromatic rings. The lowest BCUT2D eigenvalue weighted by Gasteiger charge is -2.22. The molecule has 0 aliphatic rings. The minimum atomic E-state index is -0.460. The van der Waals surface area contributed by atoms with Crippen LogP contribution < -0.4 is 5.32 Å². The highest BCUT2D eigenvalue weighted by atomic mass is 16.6. The molecule has 0 aliphatic carbocycles. The van der Waals surface area contributed by atoms with Gasteiger partial charge in [0.1, 0.15) is 5.60 Å². The molecule has 80 valence electrons. The Hall–Kier alpha value is -1.17. The van der Waals surface area contributed by atoms with Crippen molar-refractivity contribution in [3.63, 3.8) is 0 Å². The Balaban J connectivity index is 3.98. The van der Waals surface area contributed by atoms with Crippen molar-refractivity contribution in [3.05, 3.63) is 0 Å². The van der Waals surface area contributed by atoms with Crippen molar-refractivity contribution in [2.24, 2.45) is 0 Å². The predicted octanol–water partition coefficient (Wildman–Crippen LogP) is 2.31. The number of carbonyl (C=O) groups excluding carboxylic acids is 1. The topological polar surface area (TPSA) is 38.3 Å². The van der Waals surface area contributed by atoms with Gasteiger partial charge in [-0.15, -0.1) is 12.3 Å². The Morgan fingerprint density at radius 3 is 2.50 bits per heavy atom. The molecular weight excluding hydrogens is 178 g/mol. The van der Waals surface area contributed by atoms with E-state index in [1.54, 1.807) is 0 Å². The number of alkyl carbamates (subject to hydrolysis) is 1. The monoisotopic (exact) mass is 197 g/mol. The summed E-state index contributed by atoms with van der Waals surface area (Å²) in [6.45, 7) is 7.46. The van der Waals surface area contributed by atoms with Gasteiger partial charge >= 0.3 is 6.09 Å². The smallest absolute Gasteiger partial charge is 0.407 e. The fourth-order valence-electron chi connectivity index (χ4n) is 0.914. The zero-order valence-electron chi connectivity index (χ0n) is 9.39. The number of carbonyl (C=O) groups is 1. The number of nitrogens with one attached hydrogen (secondary N) is 1. The predicted molar refractivity (Wildman–Crippen MR) is 56.9 cm³/mol. The lowest BCUT2D eigenvalue weighted by molar-refractivity contribution is 0.0504. The highest BCUT2D eigenvalue weighted by Gasteiger charge is 2.17. The van der Waals surface area contributed by atoms with Crippen molar-refractivity contribution in [2.75, 3.05) is 0 Å². The van der Waals surface area contributed by atoms with Gasteiger partial charge in [-0.3, -0.25) is 0 Å². The van der Waals surface area contributed by atoms with E-state index in [2.05, 4.69) is 11.2 Å². The van der Waals surface area contributed by atoms with Gasteiger partial charge in [-0.1, -0.05) is 6.92 Å². The van der Waals surface area contributed by atoms with Crippen LogP contribution in [0, 0.1) is 12.3 Å². The van der Waals surface area contributed by atoms with Crippen LogP contribution >= 0.6 is 0 Å². The first-order chi connectivity index (χ1) is 6.39. The maximum atomic E-state index is 11.3. The average molecular weight is 197 g/mol. The number of hydrogen-bond acceptors (Lipinski definition) is 2. The van der Waals surface area contributed by atoms with Crippen LogP contribution in [0.15, 0.2) is 0 Å². The first-order valence-corrected chi connectivity index (χ1v) is 4.82. The summed E-state index contributed by atoms with van der Waals surface area (Å²) in [7, 11) is 0. The van der Waals surface area contributed by atoms with E-state index >= 15 is 0 Å². The van der Waals surface area contributed by atoms with Crippen molar-refractivity contribution in [1.29, 1.82) is 0 Å². The number of ether oxygens (including phenoxy) is 1. The molecule has 0 aromatic carbocycles. The SMILES string of the molecule is C#CC[C@@H](CC)NC(=O)OC(C)(C)C. The molecule has 0 saturated heterocycles. The minimum absolute atomic E-state index is 0.00912. The molecule has 0 spiro atoms. The van der Waals surface area contributed by atoms with Crippen LogP contribution in [0.5, 0.6) is 0 Å². The molecule has 14 heavy (non-hydrogen) atoms. The molecule has 0 aromatic heterocycles. The molecule has 0 bridgehead atoms. The molecule has 0 rings (SSSR count). The van der Waals surface area contributed by atoms with Gasteiger partial charge in [0.2, 0.25) is 0 Å². The Kier molecular flexibility index (Phi) is 5.07. The van der Waals surface area contributed by atoms with E-state index in [0.29, 0.717) is 6.42 Å². The van der Waals surface area contributed by atoms with Crippen molar-refractivity contribution in [3.8, 4) is 12.3 Å². The molecule has 0 fully saturated rings. The lowest BCUT2D eigenvalue weighted by Crippen LogP contribution is -2.38. The molecule has 1 atom stereocenters. The van der Waals surface area contributed by atoms with E-state index in [1.165, 1.54) is 0 Å². The van der Waals surface area contributed by atoms with Crippen LogP contribution in [0.25, 0.3) is 0 Å². The van der Waals surface area contributed by atoms with Crippen molar-refractivity contribution in [2.45, 2.75) is 52.2 Å². The van der Waals surface area contributed by atoms with E-state index in [0.717, 1.165) is 6.42 Å². The molecule has 3 heteroatoms. The Morgan fingerprint density at radius 1 is 1.57 bits per heavy atom. The Bertz CT molecular complexity index is 222. The zero-order valence-corrected chi connectivity index (χ0v) is 9.39. The minimum Gasteiger partial charge on any atom is -0.444 e. The quantitative estimate of drug-likeness (QED) is 0.705. The van der Waals surface area contributed by atoms with Gasteiger partial charge in [0, 0.05) is 12.5 Å². The van der Waals surface area contributed by atoms with Gasteiger partial charge in [-0.25, -0.2) is 4.79 Å². The second-order valence-corrected chi connectivity index (χ2v) is 4.16. The maximum absolute atomic E-state index is 11.3. The normalized spacial score (nSPS) is 12.8. The Labute approximate surface area is 86.2 Å². The average Bonchev–Trinajstić information content (AvgIpc) is 2.00. The summed E-state index contributed by atoms with van der Waals surface area (Å²) in [4.78, 5) is 11.3. The first-order valence-electron chi connectivity index (χ1n) is 4.82. The lowest BCUT2D eigenvalue weighted by atomic mass is 10.1. The molecule has 0 heterocycles.